The third-order valence-electron chi connectivity index (χ3n) is 2.41. The molecule has 2 N–H and O–H groups in total. The topological polar surface area (TPSA) is 62.0 Å². The summed E-state index contributed by atoms with van der Waals surface area (Å²) in [6, 6.07) is 7.02. The summed E-state index contributed by atoms with van der Waals surface area (Å²) in [6.45, 7) is 1.79. The molecule has 18 heavy (non-hydrogen) atoms. The number of halogens is 1. The fraction of sp³-hybridized carbons (Fsp3) is 0.0769. The van der Waals surface area contributed by atoms with Crippen LogP contribution in [-0.2, 0) is 0 Å². The molecule has 0 saturated heterocycles. The number of aromatic nitrogens is 1. The van der Waals surface area contributed by atoms with Crippen LogP contribution in [0.2, 0.25) is 0 Å². The molecule has 0 aliphatic carbocycles. The number of carbonyl (C=O) groups is 1. The highest BCUT2D eigenvalue weighted by Gasteiger charge is 2.09. The quantitative estimate of drug-likeness (QED) is 0.852. The average molecular weight is 246 g/mol. The number of aromatic amines is 1. The van der Waals surface area contributed by atoms with E-state index < -0.39 is 11.7 Å². The van der Waals surface area contributed by atoms with Gasteiger partial charge in [0.1, 0.15) is 5.82 Å². The Morgan fingerprint density at radius 2 is 2.06 bits per heavy atom. The Balaban J connectivity index is 2.26. The summed E-state index contributed by atoms with van der Waals surface area (Å²) < 4.78 is 13.4. The maximum atomic E-state index is 13.4. The van der Waals surface area contributed by atoms with E-state index in [0.717, 1.165) is 11.6 Å². The van der Waals surface area contributed by atoms with Gasteiger partial charge in [-0.15, -0.1) is 0 Å². The third kappa shape index (κ3) is 2.63. The van der Waals surface area contributed by atoms with Crippen molar-refractivity contribution in [1.29, 1.82) is 0 Å². The van der Waals surface area contributed by atoms with Crippen molar-refractivity contribution >= 4 is 11.6 Å². The van der Waals surface area contributed by atoms with Gasteiger partial charge in [-0.3, -0.25) is 9.59 Å². The number of benzene rings is 1. The molecule has 92 valence electrons. The fourth-order valence-corrected chi connectivity index (χ4v) is 1.52. The van der Waals surface area contributed by atoms with E-state index in [1.807, 2.05) is 0 Å². The zero-order valence-corrected chi connectivity index (χ0v) is 9.66. The van der Waals surface area contributed by atoms with Crippen molar-refractivity contribution in [2.45, 2.75) is 6.92 Å². The molecule has 1 aromatic carbocycles. The van der Waals surface area contributed by atoms with Crippen molar-refractivity contribution in [3.8, 4) is 0 Å². The highest BCUT2D eigenvalue weighted by Crippen LogP contribution is 2.16. The van der Waals surface area contributed by atoms with Crippen LogP contribution >= 0.6 is 0 Å². The largest absolute Gasteiger partial charge is 0.329 e. The molecular weight excluding hydrogens is 235 g/mol. The molecule has 0 aliphatic rings. The smallest absolute Gasteiger partial charge is 0.255 e. The van der Waals surface area contributed by atoms with Gasteiger partial charge >= 0.3 is 0 Å². The number of hydrogen-bond acceptors (Lipinski definition) is 2. The number of pyridine rings is 1. The predicted molar refractivity (Wildman–Crippen MR) is 66.2 cm³/mol. The summed E-state index contributed by atoms with van der Waals surface area (Å²) in [4.78, 5) is 25.3. The second kappa shape index (κ2) is 4.83. The first-order chi connectivity index (χ1) is 8.56. The predicted octanol–water partition coefficient (Wildman–Crippen LogP) is 2.07. The van der Waals surface area contributed by atoms with Gasteiger partial charge in [-0.2, -0.15) is 0 Å². The Morgan fingerprint density at radius 1 is 1.28 bits per heavy atom. The van der Waals surface area contributed by atoms with Crippen molar-refractivity contribution in [2.24, 2.45) is 0 Å². The van der Waals surface area contributed by atoms with Crippen molar-refractivity contribution in [1.82, 2.24) is 4.98 Å². The van der Waals surface area contributed by atoms with Crippen LogP contribution in [0.4, 0.5) is 10.1 Å². The number of H-pyrrole nitrogens is 1. The monoisotopic (exact) mass is 246 g/mol. The van der Waals surface area contributed by atoms with Gasteiger partial charge in [0, 0.05) is 17.8 Å². The molecule has 2 aromatic rings. The van der Waals surface area contributed by atoms with Gasteiger partial charge in [0.2, 0.25) is 5.56 Å². The molecule has 0 bridgehead atoms. The van der Waals surface area contributed by atoms with Crippen LogP contribution in [0.3, 0.4) is 0 Å². The van der Waals surface area contributed by atoms with E-state index in [0.29, 0.717) is 0 Å². The van der Waals surface area contributed by atoms with E-state index in [4.69, 9.17) is 0 Å². The van der Waals surface area contributed by atoms with E-state index in [-0.39, 0.29) is 16.8 Å². The van der Waals surface area contributed by atoms with E-state index in [1.165, 1.54) is 24.4 Å². The minimum Gasteiger partial charge on any atom is -0.329 e. The highest BCUT2D eigenvalue weighted by atomic mass is 19.1. The minimum atomic E-state index is -0.523. The van der Waals surface area contributed by atoms with Gasteiger partial charge in [-0.1, -0.05) is 6.07 Å². The van der Waals surface area contributed by atoms with Crippen molar-refractivity contribution in [3.63, 3.8) is 0 Å². The summed E-state index contributed by atoms with van der Waals surface area (Å²) in [5, 5.41) is 2.43. The Labute approximate surface area is 102 Å². The van der Waals surface area contributed by atoms with Crippen LogP contribution < -0.4 is 10.9 Å². The number of carbonyl (C=O) groups excluding carboxylic acids is 1. The molecule has 0 fully saturated rings. The van der Waals surface area contributed by atoms with E-state index >= 15 is 0 Å². The molecule has 1 heterocycles. The summed E-state index contributed by atoms with van der Waals surface area (Å²) in [6.07, 6.45) is 1.36. The van der Waals surface area contributed by atoms with Gasteiger partial charge in [0.25, 0.3) is 5.91 Å². The highest BCUT2D eigenvalue weighted by molar-refractivity contribution is 6.04. The normalized spacial score (nSPS) is 10.1. The summed E-state index contributed by atoms with van der Waals surface area (Å²) in [5.41, 5.74) is 0.727. The number of hydrogen-bond donors (Lipinski definition) is 2. The van der Waals surface area contributed by atoms with Gasteiger partial charge in [-0.25, -0.2) is 4.39 Å². The SMILES string of the molecule is Cc1ccc(F)c(NC(=O)c2cc[nH]c(=O)c2)c1. The van der Waals surface area contributed by atoms with Gasteiger partial charge in [0.05, 0.1) is 5.69 Å². The molecule has 1 aromatic heterocycles. The number of nitrogens with one attached hydrogen (secondary N) is 2. The maximum absolute atomic E-state index is 13.4. The Morgan fingerprint density at radius 3 is 2.78 bits per heavy atom. The molecule has 0 spiro atoms. The molecule has 5 heteroatoms. The molecule has 0 saturated carbocycles. The van der Waals surface area contributed by atoms with Crippen molar-refractivity contribution in [3.05, 3.63) is 63.8 Å². The number of amides is 1. The molecule has 2 rings (SSSR count). The van der Waals surface area contributed by atoms with Crippen LogP contribution in [0.5, 0.6) is 0 Å². The molecule has 4 nitrogen and oxygen atoms in total. The van der Waals surface area contributed by atoms with Crippen LogP contribution in [0.25, 0.3) is 0 Å². The maximum Gasteiger partial charge on any atom is 0.255 e. The van der Waals surface area contributed by atoms with E-state index in [1.54, 1.807) is 13.0 Å². The zero-order valence-electron chi connectivity index (χ0n) is 9.66. The first-order valence-corrected chi connectivity index (χ1v) is 5.32. The van der Waals surface area contributed by atoms with Gasteiger partial charge < -0.3 is 10.3 Å². The molecular formula is C13H11FN2O2. The lowest BCUT2D eigenvalue weighted by Gasteiger charge is -2.06. The van der Waals surface area contributed by atoms with Gasteiger partial charge in [0.15, 0.2) is 0 Å². The Kier molecular flexibility index (Phi) is 3.23. The number of rotatable bonds is 2. The number of aryl methyl sites for hydroxylation is 1. The molecule has 1 amide bonds. The fourth-order valence-electron chi connectivity index (χ4n) is 1.52. The van der Waals surface area contributed by atoms with Crippen LogP contribution in [0, 0.1) is 12.7 Å². The first kappa shape index (κ1) is 12.0. The summed E-state index contributed by atoms with van der Waals surface area (Å²) in [7, 11) is 0. The lowest BCUT2D eigenvalue weighted by molar-refractivity contribution is 0.102. The Hall–Kier alpha value is -2.43. The summed E-state index contributed by atoms with van der Waals surface area (Å²) >= 11 is 0. The minimum absolute atomic E-state index is 0.0975. The third-order valence-corrected chi connectivity index (χ3v) is 2.41. The van der Waals surface area contributed by atoms with Crippen LogP contribution in [0.15, 0.2) is 41.3 Å². The Bertz CT molecular complexity index is 649. The second-order valence-electron chi connectivity index (χ2n) is 3.88. The molecule has 0 atom stereocenters. The lowest BCUT2D eigenvalue weighted by Crippen LogP contribution is -2.16. The average Bonchev–Trinajstić information content (AvgIpc) is 2.34. The van der Waals surface area contributed by atoms with Crippen molar-refractivity contribution in [2.75, 3.05) is 5.32 Å². The second-order valence-corrected chi connectivity index (χ2v) is 3.88. The first-order valence-electron chi connectivity index (χ1n) is 5.32. The lowest BCUT2D eigenvalue weighted by atomic mass is 10.2. The van der Waals surface area contributed by atoms with Gasteiger partial charge in [-0.05, 0) is 30.7 Å². The van der Waals surface area contributed by atoms with E-state index in [9.17, 15) is 14.0 Å². The van der Waals surface area contributed by atoms with E-state index in [2.05, 4.69) is 10.3 Å². The molecule has 0 unspecified atom stereocenters. The summed E-state index contributed by atoms with van der Waals surface area (Å²) in [5.74, 6) is -1.04. The number of anilines is 1. The van der Waals surface area contributed by atoms with Crippen LogP contribution in [0.1, 0.15) is 15.9 Å². The standard InChI is InChI=1S/C13H11FN2O2/c1-8-2-3-10(14)11(6-8)16-13(18)9-4-5-15-12(17)7-9/h2-7H,1H3,(H,15,17)(H,16,18). The molecule has 0 radical (unpaired) electrons. The van der Waals surface area contributed by atoms with Crippen LogP contribution in [-0.4, -0.2) is 10.9 Å². The molecule has 0 aliphatic heterocycles. The zero-order chi connectivity index (χ0) is 13.1. The van der Waals surface area contributed by atoms with Crippen molar-refractivity contribution < 1.29 is 9.18 Å².